The van der Waals surface area contributed by atoms with Gasteiger partial charge in [-0.15, -0.1) is 0 Å². The first-order valence-electron chi connectivity index (χ1n) is 6.47. The van der Waals surface area contributed by atoms with Gasteiger partial charge in [0.05, 0.1) is 15.6 Å². The number of rotatable bonds is 2. The van der Waals surface area contributed by atoms with Crippen LogP contribution in [-0.2, 0) is 0 Å². The molecule has 1 aliphatic rings. The van der Waals surface area contributed by atoms with Gasteiger partial charge in [-0.3, -0.25) is 4.79 Å². The fraction of sp³-hybridized carbons (Fsp3) is 0.500. The van der Waals surface area contributed by atoms with Crippen LogP contribution in [0.5, 0.6) is 0 Å². The molecule has 0 spiro atoms. The van der Waals surface area contributed by atoms with Crippen LogP contribution < -0.4 is 5.73 Å². The molecule has 1 amide bonds. The molecule has 0 bridgehead atoms. The minimum Gasteiger partial charge on any atom is -0.399 e. The highest BCUT2D eigenvalue weighted by Crippen LogP contribution is 2.32. The van der Waals surface area contributed by atoms with Crippen molar-refractivity contribution in [2.75, 3.05) is 12.3 Å². The average Bonchev–Trinajstić information content (AvgIpc) is 2.82. The van der Waals surface area contributed by atoms with Crippen molar-refractivity contribution in [2.45, 2.75) is 32.7 Å². The van der Waals surface area contributed by atoms with E-state index in [9.17, 15) is 4.79 Å². The van der Waals surface area contributed by atoms with Crippen LogP contribution in [0, 0.1) is 5.92 Å². The van der Waals surface area contributed by atoms with Crippen molar-refractivity contribution in [3.05, 3.63) is 27.7 Å². The van der Waals surface area contributed by atoms with Crippen LogP contribution in [0.4, 0.5) is 5.69 Å². The number of anilines is 1. The van der Waals surface area contributed by atoms with Gasteiger partial charge < -0.3 is 10.6 Å². The molecule has 3 nitrogen and oxygen atoms in total. The fourth-order valence-electron chi connectivity index (χ4n) is 2.66. The van der Waals surface area contributed by atoms with E-state index in [4.69, 9.17) is 28.9 Å². The van der Waals surface area contributed by atoms with Crippen molar-refractivity contribution < 1.29 is 4.79 Å². The zero-order chi connectivity index (χ0) is 14.2. The molecule has 5 heteroatoms. The van der Waals surface area contributed by atoms with Crippen LogP contribution in [0.25, 0.3) is 0 Å². The second-order valence-electron chi connectivity index (χ2n) is 5.32. The Morgan fingerprint density at radius 3 is 2.74 bits per heavy atom. The van der Waals surface area contributed by atoms with Crippen molar-refractivity contribution >= 4 is 34.8 Å². The number of carbonyl (C=O) groups is 1. The summed E-state index contributed by atoms with van der Waals surface area (Å²) in [5.41, 5.74) is 6.60. The highest BCUT2D eigenvalue weighted by Gasteiger charge is 2.32. The van der Waals surface area contributed by atoms with Gasteiger partial charge in [0, 0.05) is 18.3 Å². The lowest BCUT2D eigenvalue weighted by Crippen LogP contribution is -2.38. The van der Waals surface area contributed by atoms with Gasteiger partial charge in [-0.2, -0.15) is 0 Å². The molecule has 1 fully saturated rings. The highest BCUT2D eigenvalue weighted by atomic mass is 35.5. The normalized spacial score (nSPS) is 19.2. The Bertz CT molecular complexity index is 502. The molecule has 0 saturated carbocycles. The summed E-state index contributed by atoms with van der Waals surface area (Å²) in [7, 11) is 0. The Balaban J connectivity index is 2.34. The number of benzene rings is 1. The largest absolute Gasteiger partial charge is 0.399 e. The predicted molar refractivity (Wildman–Crippen MR) is 79.8 cm³/mol. The molecule has 1 aromatic carbocycles. The van der Waals surface area contributed by atoms with Crippen LogP contribution in [0.3, 0.4) is 0 Å². The number of amides is 1. The summed E-state index contributed by atoms with van der Waals surface area (Å²) < 4.78 is 0. The Hall–Kier alpha value is -0.930. The lowest BCUT2D eigenvalue weighted by molar-refractivity contribution is 0.0702. The van der Waals surface area contributed by atoms with Crippen LogP contribution in [0.2, 0.25) is 10.0 Å². The molecule has 0 aromatic heterocycles. The van der Waals surface area contributed by atoms with E-state index in [0.717, 1.165) is 19.4 Å². The Labute approximate surface area is 123 Å². The van der Waals surface area contributed by atoms with Crippen molar-refractivity contribution in [3.8, 4) is 0 Å². The molecule has 19 heavy (non-hydrogen) atoms. The number of halogens is 2. The van der Waals surface area contributed by atoms with Crippen molar-refractivity contribution in [1.82, 2.24) is 4.90 Å². The summed E-state index contributed by atoms with van der Waals surface area (Å²) in [5.74, 6) is 0.358. The predicted octanol–water partition coefficient (Wildman–Crippen LogP) is 3.84. The van der Waals surface area contributed by atoms with E-state index in [1.54, 1.807) is 12.1 Å². The third-order valence-electron chi connectivity index (χ3n) is 3.61. The Morgan fingerprint density at radius 1 is 1.42 bits per heavy atom. The molecule has 1 aliphatic heterocycles. The molecule has 1 aromatic rings. The zero-order valence-electron chi connectivity index (χ0n) is 11.1. The number of hydrogen-bond donors (Lipinski definition) is 1. The summed E-state index contributed by atoms with van der Waals surface area (Å²) in [6.45, 7) is 5.03. The number of nitrogens with two attached hydrogens (primary N) is 1. The average molecular weight is 301 g/mol. The van der Waals surface area contributed by atoms with Gasteiger partial charge in [0.15, 0.2) is 0 Å². The molecule has 1 unspecified atom stereocenters. The van der Waals surface area contributed by atoms with Gasteiger partial charge >= 0.3 is 0 Å². The molecule has 1 saturated heterocycles. The van der Waals surface area contributed by atoms with Crippen molar-refractivity contribution in [2.24, 2.45) is 5.92 Å². The molecule has 1 atom stereocenters. The Morgan fingerprint density at radius 2 is 2.11 bits per heavy atom. The first kappa shape index (κ1) is 14.5. The summed E-state index contributed by atoms with van der Waals surface area (Å²) in [4.78, 5) is 14.5. The number of carbonyl (C=O) groups excluding carboxylic acids is 1. The second kappa shape index (κ2) is 5.59. The maximum atomic E-state index is 12.6. The molecular formula is C14H18Cl2N2O. The van der Waals surface area contributed by atoms with E-state index in [1.807, 2.05) is 4.90 Å². The molecule has 2 rings (SSSR count). The molecule has 1 heterocycles. The summed E-state index contributed by atoms with van der Waals surface area (Å²) >= 11 is 12.1. The lowest BCUT2D eigenvalue weighted by Gasteiger charge is -2.28. The SMILES string of the molecule is CC(C)C1CCCN1C(=O)c1cc(N)cc(Cl)c1Cl. The zero-order valence-corrected chi connectivity index (χ0v) is 12.6. The van der Waals surface area contributed by atoms with E-state index >= 15 is 0 Å². The van der Waals surface area contributed by atoms with Gasteiger partial charge in [-0.25, -0.2) is 0 Å². The minimum absolute atomic E-state index is 0.0737. The van der Waals surface area contributed by atoms with Crippen LogP contribution in [0.15, 0.2) is 12.1 Å². The third kappa shape index (κ3) is 2.82. The topological polar surface area (TPSA) is 46.3 Å². The first-order chi connectivity index (χ1) is 8.91. The van der Waals surface area contributed by atoms with Crippen molar-refractivity contribution in [1.29, 1.82) is 0 Å². The van der Waals surface area contributed by atoms with E-state index in [2.05, 4.69) is 13.8 Å². The van der Waals surface area contributed by atoms with E-state index in [0.29, 0.717) is 22.2 Å². The van der Waals surface area contributed by atoms with Crippen LogP contribution in [0.1, 0.15) is 37.0 Å². The lowest BCUT2D eigenvalue weighted by atomic mass is 10.0. The van der Waals surface area contributed by atoms with Crippen LogP contribution >= 0.6 is 23.2 Å². The van der Waals surface area contributed by atoms with E-state index in [-0.39, 0.29) is 17.0 Å². The number of nitrogen functional groups attached to an aromatic ring is 1. The van der Waals surface area contributed by atoms with Gasteiger partial charge in [-0.1, -0.05) is 37.0 Å². The quantitative estimate of drug-likeness (QED) is 0.844. The number of hydrogen-bond acceptors (Lipinski definition) is 2. The molecule has 2 N–H and O–H groups in total. The van der Waals surface area contributed by atoms with Gasteiger partial charge in [0.1, 0.15) is 0 Å². The molecular weight excluding hydrogens is 283 g/mol. The van der Waals surface area contributed by atoms with Gasteiger partial charge in [-0.05, 0) is 30.9 Å². The third-order valence-corrected chi connectivity index (χ3v) is 4.41. The monoisotopic (exact) mass is 300 g/mol. The Kier molecular flexibility index (Phi) is 4.26. The summed E-state index contributed by atoms with van der Waals surface area (Å²) in [6.07, 6.45) is 2.07. The maximum absolute atomic E-state index is 12.6. The van der Waals surface area contributed by atoms with Crippen molar-refractivity contribution in [3.63, 3.8) is 0 Å². The van der Waals surface area contributed by atoms with E-state index < -0.39 is 0 Å². The van der Waals surface area contributed by atoms with Gasteiger partial charge in [0.2, 0.25) is 0 Å². The second-order valence-corrected chi connectivity index (χ2v) is 6.10. The molecule has 104 valence electrons. The fourth-order valence-corrected chi connectivity index (χ4v) is 3.08. The number of likely N-dealkylation sites (tertiary alicyclic amines) is 1. The van der Waals surface area contributed by atoms with Crippen LogP contribution in [-0.4, -0.2) is 23.4 Å². The number of nitrogens with zero attached hydrogens (tertiary/aromatic N) is 1. The smallest absolute Gasteiger partial charge is 0.255 e. The highest BCUT2D eigenvalue weighted by molar-refractivity contribution is 6.44. The standard InChI is InChI=1S/C14H18Cl2N2O/c1-8(2)12-4-3-5-18(12)14(19)10-6-9(17)7-11(15)13(10)16/h6-8,12H,3-5,17H2,1-2H3. The minimum atomic E-state index is -0.0737. The molecule has 0 radical (unpaired) electrons. The molecule has 0 aliphatic carbocycles. The first-order valence-corrected chi connectivity index (χ1v) is 7.23. The van der Waals surface area contributed by atoms with E-state index in [1.165, 1.54) is 0 Å². The summed E-state index contributed by atoms with van der Waals surface area (Å²) in [6, 6.07) is 3.43. The maximum Gasteiger partial charge on any atom is 0.255 e. The summed E-state index contributed by atoms with van der Waals surface area (Å²) in [5, 5.41) is 0.612. The van der Waals surface area contributed by atoms with Gasteiger partial charge in [0.25, 0.3) is 5.91 Å².